The lowest BCUT2D eigenvalue weighted by Gasteiger charge is -2.05. The van der Waals surface area contributed by atoms with Crippen molar-refractivity contribution in [3.63, 3.8) is 0 Å². The van der Waals surface area contributed by atoms with Crippen LogP contribution in [0.3, 0.4) is 0 Å². The number of amides is 1. The quantitative estimate of drug-likeness (QED) is 0.768. The zero-order valence-corrected chi connectivity index (χ0v) is 13.0. The highest BCUT2D eigenvalue weighted by Crippen LogP contribution is 2.52. The van der Waals surface area contributed by atoms with Gasteiger partial charge in [-0.05, 0) is 37.6 Å². The summed E-state index contributed by atoms with van der Waals surface area (Å²) >= 11 is 0. The summed E-state index contributed by atoms with van der Waals surface area (Å²) in [6.45, 7) is 1.95. The van der Waals surface area contributed by atoms with Crippen molar-refractivity contribution < 1.29 is 9.90 Å². The van der Waals surface area contributed by atoms with Crippen molar-refractivity contribution in [2.45, 2.75) is 25.2 Å². The van der Waals surface area contributed by atoms with Crippen molar-refractivity contribution >= 4 is 22.8 Å². The van der Waals surface area contributed by atoms with Crippen molar-refractivity contribution in [1.29, 1.82) is 0 Å². The highest BCUT2D eigenvalue weighted by Gasteiger charge is 2.43. The number of fused-ring (bicyclic) bond motifs is 1. The molecule has 0 bridgehead atoms. The molecule has 0 aliphatic heterocycles. The number of aryl methyl sites for hydroxylation is 1. The van der Waals surface area contributed by atoms with E-state index in [1.165, 1.54) is 0 Å². The van der Waals surface area contributed by atoms with E-state index in [2.05, 4.69) is 25.3 Å². The van der Waals surface area contributed by atoms with Crippen molar-refractivity contribution in [2.75, 3.05) is 5.32 Å². The summed E-state index contributed by atoms with van der Waals surface area (Å²) in [4.78, 5) is 28.7. The standard InChI is InChI=1S/C17H15N5O2/c1-9-4-5-18-16(20-9)12-7-11(12)15-8-19-13-3-2-10(21-17(23)24)6-14(13)22-15/h2-6,8,11-12,21H,7H2,1H3,(H,23,24)/t11-,12-/m0/s1. The minimum atomic E-state index is -1.10. The molecule has 1 aromatic carbocycles. The third kappa shape index (κ3) is 2.76. The lowest BCUT2D eigenvalue weighted by Crippen LogP contribution is -2.07. The Kier molecular flexibility index (Phi) is 3.34. The van der Waals surface area contributed by atoms with Gasteiger partial charge in [0.15, 0.2) is 0 Å². The van der Waals surface area contributed by atoms with Gasteiger partial charge >= 0.3 is 6.09 Å². The zero-order chi connectivity index (χ0) is 16.7. The van der Waals surface area contributed by atoms with Crippen LogP contribution in [0.4, 0.5) is 10.5 Å². The van der Waals surface area contributed by atoms with Gasteiger partial charge in [0.25, 0.3) is 0 Å². The third-order valence-electron chi connectivity index (χ3n) is 4.13. The second kappa shape index (κ2) is 5.52. The van der Waals surface area contributed by atoms with E-state index in [0.717, 1.165) is 29.1 Å². The van der Waals surface area contributed by atoms with Crippen LogP contribution in [0.25, 0.3) is 11.0 Å². The first-order valence-electron chi connectivity index (χ1n) is 7.66. The molecule has 2 aromatic heterocycles. The summed E-state index contributed by atoms with van der Waals surface area (Å²) in [5, 5.41) is 11.1. The molecule has 2 N–H and O–H groups in total. The maximum absolute atomic E-state index is 10.8. The summed E-state index contributed by atoms with van der Waals surface area (Å²) in [6.07, 6.45) is 3.42. The van der Waals surface area contributed by atoms with Crippen LogP contribution in [0.2, 0.25) is 0 Å². The fourth-order valence-corrected chi connectivity index (χ4v) is 2.86. The molecular weight excluding hydrogens is 306 g/mol. The van der Waals surface area contributed by atoms with Crippen LogP contribution in [-0.4, -0.2) is 31.1 Å². The third-order valence-corrected chi connectivity index (χ3v) is 4.13. The van der Waals surface area contributed by atoms with E-state index < -0.39 is 6.09 Å². The average Bonchev–Trinajstić information content (AvgIpc) is 3.34. The van der Waals surface area contributed by atoms with Crippen molar-refractivity contribution in [1.82, 2.24) is 19.9 Å². The molecule has 2 heterocycles. The molecule has 24 heavy (non-hydrogen) atoms. The Labute approximate surface area is 137 Å². The summed E-state index contributed by atoms with van der Waals surface area (Å²) in [5.41, 5.74) is 3.74. The first-order valence-corrected chi connectivity index (χ1v) is 7.66. The predicted molar refractivity (Wildman–Crippen MR) is 88.1 cm³/mol. The minimum Gasteiger partial charge on any atom is -0.465 e. The van der Waals surface area contributed by atoms with E-state index in [1.54, 1.807) is 30.6 Å². The summed E-state index contributed by atoms with van der Waals surface area (Å²) in [7, 11) is 0. The average molecular weight is 321 g/mol. The van der Waals surface area contributed by atoms with E-state index in [4.69, 9.17) is 5.11 Å². The molecule has 1 saturated carbocycles. The van der Waals surface area contributed by atoms with Crippen LogP contribution >= 0.6 is 0 Å². The summed E-state index contributed by atoms with van der Waals surface area (Å²) in [5.74, 6) is 1.39. The van der Waals surface area contributed by atoms with Gasteiger partial charge in [-0.1, -0.05) is 0 Å². The SMILES string of the molecule is Cc1ccnc([C@H]2C[C@@H]2c2cnc3ccc(NC(=O)O)cc3n2)n1. The van der Waals surface area contributed by atoms with Gasteiger partial charge in [0.05, 0.1) is 16.7 Å². The molecular formula is C17H15N5O2. The fourth-order valence-electron chi connectivity index (χ4n) is 2.86. The van der Waals surface area contributed by atoms with Crippen LogP contribution in [-0.2, 0) is 0 Å². The van der Waals surface area contributed by atoms with E-state index >= 15 is 0 Å². The monoisotopic (exact) mass is 321 g/mol. The maximum Gasteiger partial charge on any atom is 0.409 e. The Bertz CT molecular complexity index is 943. The van der Waals surface area contributed by atoms with Crippen LogP contribution in [0.1, 0.15) is 35.5 Å². The largest absolute Gasteiger partial charge is 0.465 e. The van der Waals surface area contributed by atoms with Gasteiger partial charge in [-0.2, -0.15) is 0 Å². The first kappa shape index (κ1) is 14.5. The van der Waals surface area contributed by atoms with E-state index in [-0.39, 0.29) is 11.8 Å². The highest BCUT2D eigenvalue weighted by atomic mass is 16.4. The smallest absolute Gasteiger partial charge is 0.409 e. The molecule has 1 aliphatic carbocycles. The van der Waals surface area contributed by atoms with Gasteiger partial charge in [0.2, 0.25) is 0 Å². The van der Waals surface area contributed by atoms with Gasteiger partial charge in [0.1, 0.15) is 5.82 Å². The highest BCUT2D eigenvalue weighted by molar-refractivity contribution is 5.87. The van der Waals surface area contributed by atoms with Crippen molar-refractivity contribution in [3.05, 3.63) is 53.9 Å². The number of anilines is 1. The first-order chi connectivity index (χ1) is 11.6. The number of carbonyl (C=O) groups is 1. The van der Waals surface area contributed by atoms with E-state index in [1.807, 2.05) is 13.0 Å². The van der Waals surface area contributed by atoms with Crippen LogP contribution in [0.15, 0.2) is 36.7 Å². The fraction of sp³-hybridized carbons (Fsp3) is 0.235. The number of benzene rings is 1. The van der Waals surface area contributed by atoms with Crippen LogP contribution in [0.5, 0.6) is 0 Å². The molecule has 1 amide bonds. The lowest BCUT2D eigenvalue weighted by molar-refractivity contribution is 0.210. The number of aromatic nitrogens is 4. The van der Waals surface area contributed by atoms with Crippen molar-refractivity contribution in [3.8, 4) is 0 Å². The van der Waals surface area contributed by atoms with Crippen LogP contribution < -0.4 is 5.32 Å². The number of carboxylic acid groups (broad SMARTS) is 1. The Morgan fingerprint density at radius 3 is 2.83 bits per heavy atom. The number of nitrogens with zero attached hydrogens (tertiary/aromatic N) is 4. The normalized spacial score (nSPS) is 19.2. The van der Waals surface area contributed by atoms with E-state index in [0.29, 0.717) is 11.2 Å². The van der Waals surface area contributed by atoms with Gasteiger partial charge in [0, 0.05) is 35.6 Å². The predicted octanol–water partition coefficient (Wildman–Crippen LogP) is 3.09. The second-order valence-corrected chi connectivity index (χ2v) is 5.93. The molecule has 0 spiro atoms. The number of nitrogens with one attached hydrogen (secondary N) is 1. The molecule has 2 atom stereocenters. The number of hydrogen-bond acceptors (Lipinski definition) is 5. The van der Waals surface area contributed by atoms with Gasteiger partial charge in [-0.3, -0.25) is 10.3 Å². The second-order valence-electron chi connectivity index (χ2n) is 5.93. The molecule has 4 rings (SSSR count). The Balaban J connectivity index is 1.62. The Morgan fingerprint density at radius 1 is 1.17 bits per heavy atom. The molecule has 7 nitrogen and oxygen atoms in total. The topological polar surface area (TPSA) is 101 Å². The number of hydrogen-bond donors (Lipinski definition) is 2. The van der Waals surface area contributed by atoms with Gasteiger partial charge in [-0.25, -0.2) is 19.7 Å². The minimum absolute atomic E-state index is 0.264. The van der Waals surface area contributed by atoms with Crippen LogP contribution in [0, 0.1) is 6.92 Å². The molecule has 120 valence electrons. The molecule has 1 fully saturated rings. The summed E-state index contributed by atoms with van der Waals surface area (Å²) in [6, 6.07) is 7.00. The Hall–Kier alpha value is -3.09. The zero-order valence-electron chi connectivity index (χ0n) is 13.0. The van der Waals surface area contributed by atoms with Crippen molar-refractivity contribution in [2.24, 2.45) is 0 Å². The molecule has 0 radical (unpaired) electrons. The number of rotatable bonds is 3. The lowest BCUT2D eigenvalue weighted by atomic mass is 10.2. The van der Waals surface area contributed by atoms with E-state index in [9.17, 15) is 4.79 Å². The Morgan fingerprint density at radius 2 is 2.04 bits per heavy atom. The summed E-state index contributed by atoms with van der Waals surface area (Å²) < 4.78 is 0. The molecule has 7 heteroatoms. The maximum atomic E-state index is 10.8. The molecule has 1 aliphatic rings. The van der Waals surface area contributed by atoms with Gasteiger partial charge in [-0.15, -0.1) is 0 Å². The molecule has 3 aromatic rings. The molecule has 0 saturated heterocycles. The molecule has 0 unspecified atom stereocenters. The van der Waals surface area contributed by atoms with Gasteiger partial charge < -0.3 is 5.11 Å².